The summed E-state index contributed by atoms with van der Waals surface area (Å²) in [5.41, 5.74) is 0.557. The number of sulfonamides is 1. The van der Waals surface area contributed by atoms with Gasteiger partial charge in [0, 0.05) is 19.8 Å². The minimum absolute atomic E-state index is 0.222. The van der Waals surface area contributed by atoms with Crippen molar-refractivity contribution in [3.05, 3.63) is 11.9 Å². The zero-order valence-corrected chi connectivity index (χ0v) is 10.6. The van der Waals surface area contributed by atoms with Gasteiger partial charge in [0.15, 0.2) is 0 Å². The van der Waals surface area contributed by atoms with E-state index >= 15 is 0 Å². The topological polar surface area (TPSA) is 84.1 Å². The van der Waals surface area contributed by atoms with Gasteiger partial charge in [-0.15, -0.1) is 0 Å². The van der Waals surface area contributed by atoms with Gasteiger partial charge < -0.3 is 4.74 Å². The number of hydrogen-bond donors (Lipinski definition) is 2. The molecule has 1 saturated heterocycles. The van der Waals surface area contributed by atoms with Gasteiger partial charge in [0.2, 0.25) is 10.0 Å². The van der Waals surface area contributed by atoms with Crippen molar-refractivity contribution in [3.63, 3.8) is 0 Å². The van der Waals surface area contributed by atoms with E-state index in [0.29, 0.717) is 18.2 Å². The Balaban J connectivity index is 1.87. The van der Waals surface area contributed by atoms with Crippen LogP contribution in [0.15, 0.2) is 11.1 Å². The van der Waals surface area contributed by atoms with Crippen molar-refractivity contribution in [2.75, 3.05) is 19.8 Å². The number of rotatable bonds is 5. The lowest BCUT2D eigenvalue weighted by molar-refractivity contribution is 0.184. The molecule has 17 heavy (non-hydrogen) atoms. The normalized spacial score (nSPS) is 20.9. The largest absolute Gasteiger partial charge is 0.381 e. The molecule has 1 unspecified atom stereocenters. The van der Waals surface area contributed by atoms with Crippen LogP contribution >= 0.6 is 0 Å². The first kappa shape index (κ1) is 12.5. The lowest BCUT2D eigenvalue weighted by Gasteiger charge is -2.08. The van der Waals surface area contributed by atoms with Crippen LogP contribution in [-0.4, -0.2) is 38.4 Å². The van der Waals surface area contributed by atoms with Crippen LogP contribution in [0.2, 0.25) is 0 Å². The minimum atomic E-state index is -3.42. The van der Waals surface area contributed by atoms with Crippen molar-refractivity contribution in [2.24, 2.45) is 5.92 Å². The van der Waals surface area contributed by atoms with Gasteiger partial charge in [0.25, 0.3) is 0 Å². The van der Waals surface area contributed by atoms with E-state index < -0.39 is 10.0 Å². The van der Waals surface area contributed by atoms with E-state index in [0.717, 1.165) is 26.1 Å². The number of H-pyrrole nitrogens is 1. The molecule has 1 fully saturated rings. The predicted octanol–water partition coefficient (Wildman–Crippen LogP) is 0.423. The smallest absolute Gasteiger partial charge is 0.243 e. The van der Waals surface area contributed by atoms with Gasteiger partial charge in [-0.2, -0.15) is 5.10 Å². The molecule has 0 saturated carbocycles. The summed E-state index contributed by atoms with van der Waals surface area (Å²) in [6, 6.07) is 0. The summed E-state index contributed by atoms with van der Waals surface area (Å²) < 4.78 is 31.6. The molecule has 1 aromatic rings. The van der Waals surface area contributed by atoms with Crippen molar-refractivity contribution in [2.45, 2.75) is 24.7 Å². The zero-order valence-electron chi connectivity index (χ0n) is 9.77. The number of ether oxygens (including phenoxy) is 1. The first-order valence-corrected chi connectivity index (χ1v) is 7.15. The van der Waals surface area contributed by atoms with Gasteiger partial charge in [0.1, 0.15) is 4.90 Å². The van der Waals surface area contributed by atoms with Crippen molar-refractivity contribution in [3.8, 4) is 0 Å². The molecule has 7 heteroatoms. The standard InChI is InChI=1S/C10H17N3O3S/c1-8-10(6-11-13-8)17(14,15)12-4-2-9-3-5-16-7-9/h6,9,12H,2-5,7H2,1H3,(H,11,13). The van der Waals surface area contributed by atoms with Gasteiger partial charge in [0.05, 0.1) is 11.9 Å². The highest BCUT2D eigenvalue weighted by Crippen LogP contribution is 2.16. The highest BCUT2D eigenvalue weighted by Gasteiger charge is 2.20. The molecule has 2 N–H and O–H groups in total. The third-order valence-electron chi connectivity index (χ3n) is 2.94. The van der Waals surface area contributed by atoms with Crippen molar-refractivity contribution in [1.29, 1.82) is 0 Å². The quantitative estimate of drug-likeness (QED) is 0.803. The summed E-state index contributed by atoms with van der Waals surface area (Å²) in [6.07, 6.45) is 3.17. The summed E-state index contributed by atoms with van der Waals surface area (Å²) >= 11 is 0. The Morgan fingerprint density at radius 1 is 1.65 bits per heavy atom. The molecular weight excluding hydrogens is 242 g/mol. The van der Waals surface area contributed by atoms with Crippen molar-refractivity contribution < 1.29 is 13.2 Å². The summed E-state index contributed by atoms with van der Waals surface area (Å²) in [6.45, 7) is 3.66. The number of nitrogens with one attached hydrogen (secondary N) is 2. The average molecular weight is 259 g/mol. The van der Waals surface area contributed by atoms with E-state index in [-0.39, 0.29) is 4.90 Å². The van der Waals surface area contributed by atoms with Gasteiger partial charge in [-0.05, 0) is 25.7 Å². The third kappa shape index (κ3) is 3.05. The SMILES string of the molecule is Cc1[nH]ncc1S(=O)(=O)NCCC1CCOC1. The van der Waals surface area contributed by atoms with Crippen LogP contribution in [-0.2, 0) is 14.8 Å². The van der Waals surface area contributed by atoms with Crippen molar-refractivity contribution >= 4 is 10.0 Å². The molecule has 0 bridgehead atoms. The number of hydrogen-bond acceptors (Lipinski definition) is 4. The highest BCUT2D eigenvalue weighted by molar-refractivity contribution is 7.89. The van der Waals surface area contributed by atoms with Gasteiger partial charge in [-0.25, -0.2) is 13.1 Å². The van der Waals surface area contributed by atoms with E-state index in [2.05, 4.69) is 14.9 Å². The van der Waals surface area contributed by atoms with E-state index in [1.165, 1.54) is 6.20 Å². The molecular formula is C10H17N3O3S. The van der Waals surface area contributed by atoms with Crippen LogP contribution < -0.4 is 4.72 Å². The molecule has 1 atom stereocenters. The highest BCUT2D eigenvalue weighted by atomic mass is 32.2. The van der Waals surface area contributed by atoms with Crippen LogP contribution in [0.3, 0.4) is 0 Å². The van der Waals surface area contributed by atoms with Gasteiger partial charge >= 0.3 is 0 Å². The first-order chi connectivity index (χ1) is 8.09. The number of nitrogens with zero attached hydrogens (tertiary/aromatic N) is 1. The maximum Gasteiger partial charge on any atom is 0.243 e. The molecule has 0 aromatic carbocycles. The lowest BCUT2D eigenvalue weighted by atomic mass is 10.1. The Kier molecular flexibility index (Phi) is 3.80. The molecule has 1 aliphatic rings. The molecule has 2 rings (SSSR count). The van der Waals surface area contributed by atoms with Gasteiger partial charge in [-0.1, -0.05) is 0 Å². The molecule has 0 spiro atoms. The van der Waals surface area contributed by atoms with E-state index in [9.17, 15) is 8.42 Å². The average Bonchev–Trinajstić information content (AvgIpc) is 2.88. The molecule has 2 heterocycles. The van der Waals surface area contributed by atoms with Crippen LogP contribution in [0, 0.1) is 12.8 Å². The fraction of sp³-hybridized carbons (Fsp3) is 0.700. The van der Waals surface area contributed by atoms with Gasteiger partial charge in [-0.3, -0.25) is 5.10 Å². The second kappa shape index (κ2) is 5.16. The Morgan fingerprint density at radius 3 is 3.06 bits per heavy atom. The molecule has 0 aliphatic carbocycles. The van der Waals surface area contributed by atoms with Crippen LogP contribution in [0.5, 0.6) is 0 Å². The fourth-order valence-electron chi connectivity index (χ4n) is 1.90. The molecule has 6 nitrogen and oxygen atoms in total. The predicted molar refractivity (Wildman–Crippen MR) is 62.1 cm³/mol. The number of aryl methyl sites for hydroxylation is 1. The summed E-state index contributed by atoms with van der Waals surface area (Å²) in [5, 5.41) is 6.33. The Hall–Kier alpha value is -0.920. The number of aromatic amines is 1. The minimum Gasteiger partial charge on any atom is -0.381 e. The Morgan fingerprint density at radius 2 is 2.47 bits per heavy atom. The first-order valence-electron chi connectivity index (χ1n) is 5.67. The molecule has 0 radical (unpaired) electrons. The van der Waals surface area contributed by atoms with Crippen molar-refractivity contribution in [1.82, 2.24) is 14.9 Å². The summed E-state index contributed by atoms with van der Waals surface area (Å²) in [4.78, 5) is 0.222. The Bertz CT molecular complexity index is 463. The second-order valence-electron chi connectivity index (χ2n) is 4.28. The summed E-state index contributed by atoms with van der Waals surface area (Å²) in [7, 11) is -3.42. The second-order valence-corrected chi connectivity index (χ2v) is 6.01. The molecule has 1 aliphatic heterocycles. The fourth-order valence-corrected chi connectivity index (χ4v) is 3.08. The van der Waals surface area contributed by atoms with Crippen LogP contribution in [0.4, 0.5) is 0 Å². The molecule has 0 amide bonds. The Labute approximate surface area is 101 Å². The molecule has 96 valence electrons. The van der Waals surface area contributed by atoms with Crippen LogP contribution in [0.1, 0.15) is 18.5 Å². The maximum absolute atomic E-state index is 11.9. The number of aromatic nitrogens is 2. The summed E-state index contributed by atoms with van der Waals surface area (Å²) in [5.74, 6) is 0.475. The molecule has 1 aromatic heterocycles. The van der Waals surface area contributed by atoms with E-state index in [1.807, 2.05) is 0 Å². The lowest BCUT2D eigenvalue weighted by Crippen LogP contribution is -2.26. The monoisotopic (exact) mass is 259 g/mol. The third-order valence-corrected chi connectivity index (χ3v) is 4.52. The zero-order chi connectivity index (χ0) is 12.3. The van der Waals surface area contributed by atoms with E-state index in [4.69, 9.17) is 4.74 Å². The van der Waals surface area contributed by atoms with Crippen LogP contribution in [0.25, 0.3) is 0 Å². The van der Waals surface area contributed by atoms with E-state index in [1.54, 1.807) is 6.92 Å². The maximum atomic E-state index is 11.9.